The van der Waals surface area contributed by atoms with Gasteiger partial charge >= 0.3 is 0 Å². The van der Waals surface area contributed by atoms with Gasteiger partial charge in [-0.3, -0.25) is 9.35 Å². The summed E-state index contributed by atoms with van der Waals surface area (Å²) in [6, 6.07) is 2.94. The molecule has 0 aliphatic heterocycles. The number of halogens is 2. The van der Waals surface area contributed by atoms with E-state index in [9.17, 15) is 22.0 Å². The van der Waals surface area contributed by atoms with Crippen molar-refractivity contribution in [3.8, 4) is 0 Å². The Morgan fingerprint density at radius 3 is 2.47 bits per heavy atom. The van der Waals surface area contributed by atoms with Crippen LogP contribution in [0.5, 0.6) is 0 Å². The van der Waals surface area contributed by atoms with Gasteiger partial charge in [-0.25, -0.2) is 8.78 Å². The molecule has 17 heavy (non-hydrogen) atoms. The zero-order chi connectivity index (χ0) is 13.2. The minimum absolute atomic E-state index is 0.505. The molecule has 8 heteroatoms. The first-order chi connectivity index (χ1) is 7.72. The summed E-state index contributed by atoms with van der Waals surface area (Å²) >= 11 is 0. The van der Waals surface area contributed by atoms with E-state index in [4.69, 9.17) is 10.3 Å². The van der Waals surface area contributed by atoms with Crippen LogP contribution in [0.15, 0.2) is 18.2 Å². The Bertz CT molecular complexity index is 544. The van der Waals surface area contributed by atoms with Crippen molar-refractivity contribution in [1.82, 2.24) is 0 Å². The number of carbonyl (C=O) groups is 1. The Hall–Kier alpha value is -1.54. The van der Waals surface area contributed by atoms with Crippen molar-refractivity contribution >= 4 is 16.0 Å². The minimum Gasteiger partial charge on any atom is -0.369 e. The van der Waals surface area contributed by atoms with Gasteiger partial charge in [-0.15, -0.1) is 0 Å². The van der Waals surface area contributed by atoms with Crippen molar-refractivity contribution in [3.63, 3.8) is 0 Å². The van der Waals surface area contributed by atoms with E-state index >= 15 is 0 Å². The molecule has 0 radical (unpaired) electrons. The topological polar surface area (TPSA) is 97.5 Å². The van der Waals surface area contributed by atoms with Crippen LogP contribution < -0.4 is 5.73 Å². The smallest absolute Gasteiger partial charge is 0.265 e. The molecule has 94 valence electrons. The molecule has 1 unspecified atom stereocenters. The van der Waals surface area contributed by atoms with Gasteiger partial charge in [0.2, 0.25) is 5.91 Å². The van der Waals surface area contributed by atoms with Gasteiger partial charge in [0.05, 0.1) is 11.7 Å². The monoisotopic (exact) mass is 265 g/mol. The van der Waals surface area contributed by atoms with Crippen molar-refractivity contribution in [1.29, 1.82) is 0 Å². The molecule has 0 heterocycles. The maximum Gasteiger partial charge on any atom is 0.265 e. The number of hydrogen-bond donors (Lipinski definition) is 2. The number of benzene rings is 1. The van der Waals surface area contributed by atoms with Crippen LogP contribution in [-0.4, -0.2) is 24.6 Å². The predicted molar refractivity (Wildman–Crippen MR) is 54.7 cm³/mol. The molecule has 5 nitrogen and oxygen atoms in total. The summed E-state index contributed by atoms with van der Waals surface area (Å²) in [7, 11) is -4.54. The van der Waals surface area contributed by atoms with Crippen LogP contribution in [0.2, 0.25) is 0 Å². The summed E-state index contributed by atoms with van der Waals surface area (Å²) < 4.78 is 56.1. The Morgan fingerprint density at radius 2 is 2.00 bits per heavy atom. The lowest BCUT2D eigenvalue weighted by Crippen LogP contribution is -2.28. The van der Waals surface area contributed by atoms with Crippen LogP contribution in [0, 0.1) is 11.6 Å². The standard InChI is InChI=1S/C9H9F2NO4S/c10-7-3-1-2-5(8(7)11)6(9(12)13)4-17(14,15)16/h1-3,6H,4H2,(H2,12,13)(H,14,15,16). The Morgan fingerprint density at radius 1 is 1.41 bits per heavy atom. The molecule has 1 aromatic carbocycles. The zero-order valence-electron chi connectivity index (χ0n) is 8.43. The molecule has 1 aromatic rings. The van der Waals surface area contributed by atoms with Crippen LogP contribution >= 0.6 is 0 Å². The molecule has 0 saturated heterocycles. The summed E-state index contributed by atoms with van der Waals surface area (Å²) in [5, 5.41) is 0. The molecule has 1 amide bonds. The van der Waals surface area contributed by atoms with Gasteiger partial charge < -0.3 is 5.73 Å². The molecule has 0 fully saturated rings. The molecular formula is C9H9F2NO4S. The number of hydrogen-bond acceptors (Lipinski definition) is 3. The highest BCUT2D eigenvalue weighted by atomic mass is 32.2. The van der Waals surface area contributed by atoms with Gasteiger partial charge in [-0.1, -0.05) is 12.1 Å². The average Bonchev–Trinajstić information content (AvgIpc) is 2.17. The van der Waals surface area contributed by atoms with Crippen LogP contribution in [0.25, 0.3) is 0 Å². The second-order valence-corrected chi connectivity index (χ2v) is 4.84. The van der Waals surface area contributed by atoms with Crippen molar-refractivity contribution in [2.75, 3.05) is 5.75 Å². The number of primary amides is 1. The van der Waals surface area contributed by atoms with E-state index in [-0.39, 0.29) is 0 Å². The largest absolute Gasteiger partial charge is 0.369 e. The maximum absolute atomic E-state index is 13.3. The van der Waals surface area contributed by atoms with E-state index in [1.807, 2.05) is 0 Å². The molecule has 1 atom stereocenters. The third kappa shape index (κ3) is 3.46. The lowest BCUT2D eigenvalue weighted by Gasteiger charge is -2.12. The van der Waals surface area contributed by atoms with Gasteiger partial charge in [0.1, 0.15) is 0 Å². The average molecular weight is 265 g/mol. The van der Waals surface area contributed by atoms with Gasteiger partial charge in [0.25, 0.3) is 10.1 Å². The molecule has 0 aliphatic carbocycles. The summed E-state index contributed by atoms with van der Waals surface area (Å²) in [4.78, 5) is 11.0. The van der Waals surface area contributed by atoms with E-state index in [0.717, 1.165) is 18.2 Å². The molecule has 0 saturated carbocycles. The van der Waals surface area contributed by atoms with Crippen LogP contribution in [0.1, 0.15) is 11.5 Å². The predicted octanol–water partition coefficient (Wildman–Crippen LogP) is 0.422. The summed E-state index contributed by atoms with van der Waals surface area (Å²) in [5.74, 6) is -6.50. The lowest BCUT2D eigenvalue weighted by atomic mass is 10.00. The van der Waals surface area contributed by atoms with E-state index in [2.05, 4.69) is 0 Å². The van der Waals surface area contributed by atoms with Gasteiger partial charge in [0.15, 0.2) is 11.6 Å². The molecule has 1 rings (SSSR count). The van der Waals surface area contributed by atoms with E-state index in [1.54, 1.807) is 0 Å². The highest BCUT2D eigenvalue weighted by molar-refractivity contribution is 7.85. The minimum atomic E-state index is -4.54. The van der Waals surface area contributed by atoms with Crippen molar-refractivity contribution in [2.45, 2.75) is 5.92 Å². The normalized spacial score (nSPS) is 13.4. The second kappa shape index (κ2) is 4.76. The van der Waals surface area contributed by atoms with E-state index in [0.29, 0.717) is 0 Å². The molecule has 3 N–H and O–H groups in total. The molecule has 0 aromatic heterocycles. The van der Waals surface area contributed by atoms with E-state index in [1.165, 1.54) is 0 Å². The Balaban J connectivity index is 3.24. The Labute approximate surface area is 96.0 Å². The number of carbonyl (C=O) groups excluding carboxylic acids is 1. The summed E-state index contributed by atoms with van der Waals surface area (Å²) in [6.45, 7) is 0. The fourth-order valence-corrected chi connectivity index (χ4v) is 2.09. The van der Waals surface area contributed by atoms with Gasteiger partial charge in [-0.05, 0) is 6.07 Å². The number of nitrogens with two attached hydrogens (primary N) is 1. The van der Waals surface area contributed by atoms with Crippen molar-refractivity contribution in [3.05, 3.63) is 35.4 Å². The first-order valence-electron chi connectivity index (χ1n) is 4.40. The highest BCUT2D eigenvalue weighted by Gasteiger charge is 2.27. The molecule has 0 aliphatic rings. The van der Waals surface area contributed by atoms with Crippen molar-refractivity contribution in [2.24, 2.45) is 5.73 Å². The summed E-state index contributed by atoms with van der Waals surface area (Å²) in [5.41, 5.74) is 4.39. The zero-order valence-corrected chi connectivity index (χ0v) is 9.25. The third-order valence-corrected chi connectivity index (χ3v) is 2.83. The highest BCUT2D eigenvalue weighted by Crippen LogP contribution is 2.22. The number of amides is 1. The van der Waals surface area contributed by atoms with Crippen LogP contribution in [-0.2, 0) is 14.9 Å². The summed E-state index contributed by atoms with van der Waals surface area (Å²) in [6.07, 6.45) is 0. The molecule has 0 bridgehead atoms. The second-order valence-electron chi connectivity index (χ2n) is 3.35. The first-order valence-corrected chi connectivity index (χ1v) is 6.01. The SMILES string of the molecule is NC(=O)C(CS(=O)(=O)O)c1cccc(F)c1F. The van der Waals surface area contributed by atoms with E-state index < -0.39 is 44.9 Å². The fourth-order valence-electron chi connectivity index (χ4n) is 1.33. The van der Waals surface area contributed by atoms with Gasteiger partial charge in [-0.2, -0.15) is 8.42 Å². The number of rotatable bonds is 4. The molecular weight excluding hydrogens is 256 g/mol. The van der Waals surface area contributed by atoms with Crippen LogP contribution in [0.3, 0.4) is 0 Å². The van der Waals surface area contributed by atoms with Crippen molar-refractivity contribution < 1.29 is 26.5 Å². The lowest BCUT2D eigenvalue weighted by molar-refractivity contribution is -0.119. The Kier molecular flexibility index (Phi) is 3.79. The maximum atomic E-state index is 13.3. The first kappa shape index (κ1) is 13.5. The van der Waals surface area contributed by atoms with Gasteiger partial charge in [0, 0.05) is 5.56 Å². The molecule has 0 spiro atoms. The fraction of sp³-hybridized carbons (Fsp3) is 0.222. The van der Waals surface area contributed by atoms with Crippen LogP contribution in [0.4, 0.5) is 8.78 Å². The third-order valence-electron chi connectivity index (χ3n) is 2.08. The quantitative estimate of drug-likeness (QED) is 0.771.